The number of phenols is 7. The van der Waals surface area contributed by atoms with Crippen molar-refractivity contribution in [3.63, 3.8) is 0 Å². The Morgan fingerprint density at radius 3 is 0.636 bits per heavy atom. The summed E-state index contributed by atoms with van der Waals surface area (Å²) in [4.78, 5) is 58.7. The third-order valence-corrected chi connectivity index (χ3v) is 20.6. The summed E-state index contributed by atoms with van der Waals surface area (Å²) in [5, 5.41) is 83.5. The fourth-order valence-electron chi connectivity index (χ4n) is 13.1. The quantitative estimate of drug-likeness (QED) is 0.0155. The van der Waals surface area contributed by atoms with E-state index >= 15 is 0 Å². The number of hydrogen-bond donors (Lipinski definition) is 13. The van der Waals surface area contributed by atoms with Crippen LogP contribution in [0, 0.1) is 0 Å². The van der Waals surface area contributed by atoms with Crippen molar-refractivity contribution in [2.24, 2.45) is 0 Å². The summed E-state index contributed by atoms with van der Waals surface area (Å²) in [7, 11) is 4.82. The number of carbonyl (C=O) groups is 5. The summed E-state index contributed by atoms with van der Waals surface area (Å²) in [5.41, 5.74) is 19.1. The Balaban J connectivity index is 0. The van der Waals surface area contributed by atoms with Gasteiger partial charge in [0.25, 0.3) is 0 Å². The maximum absolute atomic E-state index is 12.4. The van der Waals surface area contributed by atoms with Crippen molar-refractivity contribution in [1.82, 2.24) is 0 Å². The largest absolute Gasteiger partial charge is 0.508 e. The molecule has 29 heteroatoms. The standard InChI is InChI=1S/2C24H33NO3.C23H31NO3.C14H22O.C10H11NO2.C9H9NO2.C6H7NO.2C2H6.2I3.I2/c2*1-23(2,3)19-14-16(15-20(22(19)27)24(4,5)6)8-13-21(26)25-17-9-11-18(28-7)12-10-17;1-22(2,3)18-13-15(14-19(21(18)27)23(4,5)6)7-12-20(26)24-16-8-10-17(25)11-9-16;1-13(2,3)10-8-7-9-11(12(10)15)14(4,5)6;1-3-10(12)11-8-4-6-9(13-2)7-5-8;1-2-9(12)10-7-3-5-8(11)6-4-7;7-5-1-3-6(8)4-2-5;2*1-2;2*1-3-2;1-2/h2*9-12,14-15,27H,8,13H2,1-7H3,(H,25,26);8-11,13-14,25,27H,7,12H2,1-6H3,(H,24,26);7-9,15H,1-6H3;3-7H,1H2,2H3,(H,11,12);2-6,11H,1H2,(H,10,12);1-4,8H,7H2;2*1-2H3;;;/q;;;;;;;;;2*-1;. The van der Waals surface area contributed by atoms with Crippen LogP contribution in [0.5, 0.6) is 57.5 Å². The molecule has 0 aliphatic carbocycles. The Labute approximate surface area is 938 Å². The number of aryl methyl sites for hydroxylation is 3. The average Bonchev–Trinajstić information content (AvgIpc) is 0.791. The van der Waals surface area contributed by atoms with Gasteiger partial charge in [-0.2, -0.15) is 0 Å². The number of nitrogens with two attached hydrogens (primary N) is 1. The zero-order valence-corrected chi connectivity index (χ0v) is 107. The molecule has 0 unspecified atom stereocenters. The van der Waals surface area contributed by atoms with Gasteiger partial charge in [-0.3, -0.25) is 24.0 Å². The predicted molar refractivity (Wildman–Crippen MR) is 645 cm³/mol. The first kappa shape index (κ1) is 138. The van der Waals surface area contributed by atoms with Gasteiger partial charge in [-0.15, -0.1) is 0 Å². The third-order valence-electron chi connectivity index (χ3n) is 20.6. The second kappa shape index (κ2) is 68.3. The molecule has 10 aromatic carbocycles. The molecule has 0 bridgehead atoms. The van der Waals surface area contributed by atoms with E-state index in [4.69, 9.17) is 30.2 Å². The molecule has 21 nitrogen and oxygen atoms in total. The van der Waals surface area contributed by atoms with Gasteiger partial charge in [-0.1, -0.05) is 262 Å². The van der Waals surface area contributed by atoms with Crippen molar-refractivity contribution in [1.29, 1.82) is 0 Å². The molecule has 0 atom stereocenters. The van der Waals surface area contributed by atoms with E-state index in [1.165, 1.54) is 24.3 Å². The van der Waals surface area contributed by atoms with Crippen molar-refractivity contribution in [3.05, 3.63) is 287 Å². The number of halogens is 8. The van der Waals surface area contributed by atoms with Crippen LogP contribution < -0.4 is 73.0 Å². The monoisotopic (exact) mass is 2870 g/mol. The van der Waals surface area contributed by atoms with Gasteiger partial charge < -0.3 is 82.3 Å². The number of nitrogens with one attached hydrogen (secondary N) is 5. The molecule has 10 rings (SSSR count). The molecule has 0 aromatic heterocycles. The number of anilines is 6. The molecular formula is C114H158I8N6O15-2. The molecule has 0 saturated heterocycles. The van der Waals surface area contributed by atoms with Gasteiger partial charge in [0.1, 0.15) is 57.5 Å². The fourth-order valence-corrected chi connectivity index (χ4v) is 13.1. The van der Waals surface area contributed by atoms with Crippen LogP contribution in [-0.4, -0.2) is 86.6 Å². The number of aromatic hydroxyl groups is 7. The van der Waals surface area contributed by atoms with Crippen molar-refractivity contribution in [3.8, 4) is 57.5 Å². The number of ether oxygens (including phenoxy) is 3. The Morgan fingerprint density at radius 1 is 0.301 bits per heavy atom. The van der Waals surface area contributed by atoms with Crippen LogP contribution >= 0.6 is 112 Å². The van der Waals surface area contributed by atoms with Crippen molar-refractivity contribution >= 4 is 175 Å². The molecule has 792 valence electrons. The SMILES string of the molecule is C=CC(=O)Nc1ccc(O)cc1.C=CC(=O)Nc1ccc(OC)cc1.CC.CC.CC(C)(C)c1cc(CCC(=O)Nc2ccc(O)cc2)cc(C(C)(C)C)c1O.CC(C)(C)c1cccc(C(C)(C)C)c1O.COc1ccc(NC(=O)CCc2cc(C(C)(C)C)c(O)c(C(C)(C)C)c2)cc1.COc1ccc(NC(=O)CCc2cc(C(C)(C)C)c(O)c(C(C)(C)C)c2)cc1.II.I[I-]I.I[I-]I.Nc1ccc(O)cc1. The first-order valence-electron chi connectivity index (χ1n) is 46.6. The van der Waals surface area contributed by atoms with Crippen LogP contribution in [-0.2, 0) is 86.6 Å². The van der Waals surface area contributed by atoms with Crippen LogP contribution in [0.1, 0.15) is 274 Å². The maximum Gasteiger partial charge on any atom is 0.115 e. The summed E-state index contributed by atoms with van der Waals surface area (Å²) in [5.74, 6) is 3.78. The van der Waals surface area contributed by atoms with Crippen LogP contribution in [0.3, 0.4) is 0 Å². The molecule has 0 aliphatic heterocycles. The number of carbonyl (C=O) groups excluding carboxylic acids is 5. The number of para-hydroxylation sites is 1. The minimum absolute atomic E-state index is 0.00859. The topological polar surface area (TPSA) is 341 Å². The first-order chi connectivity index (χ1) is 66.4. The Hall–Kier alpha value is -7.33. The summed E-state index contributed by atoms with van der Waals surface area (Å²) in [6.07, 6.45) is 5.35. The van der Waals surface area contributed by atoms with Gasteiger partial charge in [0, 0.05) is 90.6 Å². The summed E-state index contributed by atoms with van der Waals surface area (Å²) in [6.45, 7) is 65.0. The van der Waals surface area contributed by atoms with E-state index < -0.39 is 0 Å². The molecule has 0 spiro atoms. The minimum Gasteiger partial charge on any atom is -0.508 e. The molecular weight excluding hydrogens is 2710 g/mol. The molecule has 14 N–H and O–H groups in total. The van der Waals surface area contributed by atoms with Crippen molar-refractivity contribution in [2.75, 3.05) is 53.6 Å². The maximum atomic E-state index is 12.4. The predicted octanol–water partition coefficient (Wildman–Crippen LogP) is 26.1. The van der Waals surface area contributed by atoms with E-state index in [1.807, 2.05) is 131 Å². The smallest absolute Gasteiger partial charge is 0.115 e. The van der Waals surface area contributed by atoms with E-state index in [-0.39, 0.29) is 90.1 Å². The molecule has 5 amide bonds. The average molecular weight is 2870 g/mol. The molecule has 0 aliphatic rings. The van der Waals surface area contributed by atoms with E-state index in [2.05, 4.69) is 318 Å². The fraction of sp³-hybridized carbons (Fsp3) is 0.395. The first-order valence-corrected chi connectivity index (χ1v) is 78.0. The van der Waals surface area contributed by atoms with Gasteiger partial charge >= 0.3 is 101 Å². The third kappa shape index (κ3) is 55.0. The Bertz CT molecular complexity index is 5150. The van der Waals surface area contributed by atoms with Crippen LogP contribution in [0.2, 0.25) is 0 Å². The zero-order chi connectivity index (χ0) is 111. The van der Waals surface area contributed by atoms with Gasteiger partial charge in [-0.05, 0) is 282 Å². The number of amides is 5. The molecule has 0 saturated carbocycles. The molecule has 10 aromatic rings. The van der Waals surface area contributed by atoms with E-state index in [9.17, 15) is 49.5 Å². The minimum atomic E-state index is -0.263. The number of methoxy groups -OCH3 is 3. The summed E-state index contributed by atoms with van der Waals surface area (Å²) in [6, 6.07) is 58.9. The Morgan fingerprint density at radius 2 is 0.469 bits per heavy atom. The normalized spacial score (nSPS) is 10.8. The van der Waals surface area contributed by atoms with Gasteiger partial charge in [-0.25, -0.2) is 0 Å². The van der Waals surface area contributed by atoms with Crippen LogP contribution in [0.15, 0.2) is 226 Å². The molecule has 143 heavy (non-hydrogen) atoms. The summed E-state index contributed by atoms with van der Waals surface area (Å²) >= 11 is 14.8. The number of benzene rings is 10. The van der Waals surface area contributed by atoms with E-state index in [1.54, 1.807) is 106 Å². The number of nitrogen functional groups attached to an aromatic ring is 1. The number of phenolic OH excluding ortho intramolecular Hbond substituents is 7. The number of rotatable bonds is 19. The van der Waals surface area contributed by atoms with Crippen LogP contribution in [0.4, 0.5) is 34.1 Å². The summed E-state index contributed by atoms with van der Waals surface area (Å²) < 4.78 is 15.2. The van der Waals surface area contributed by atoms with Crippen molar-refractivity contribution < 1.29 is 100 Å². The van der Waals surface area contributed by atoms with E-state index in [0.717, 1.165) is 95.5 Å². The molecule has 0 fully saturated rings. The number of hydrogen-bond acceptors (Lipinski definition) is 16. The zero-order valence-electron chi connectivity index (χ0n) is 89.4. The second-order valence-electron chi connectivity index (χ2n) is 40.3. The van der Waals surface area contributed by atoms with Gasteiger partial charge in [0.2, 0.25) is 29.5 Å². The Kier molecular flexibility index (Phi) is 65.8. The van der Waals surface area contributed by atoms with Crippen LogP contribution in [0.25, 0.3) is 0 Å². The van der Waals surface area contributed by atoms with E-state index in [0.29, 0.717) is 105 Å². The molecule has 0 heterocycles. The van der Waals surface area contributed by atoms with Gasteiger partial charge in [0.15, 0.2) is 0 Å². The van der Waals surface area contributed by atoms with Gasteiger partial charge in [0.05, 0.1) is 21.3 Å². The molecule has 0 radical (unpaired) electrons. The second-order valence-corrected chi connectivity index (χ2v) is 72.8. The van der Waals surface area contributed by atoms with Crippen molar-refractivity contribution in [2.45, 2.75) is 276 Å².